The van der Waals surface area contributed by atoms with Crippen LogP contribution in [-0.4, -0.2) is 29.8 Å². The van der Waals surface area contributed by atoms with Crippen LogP contribution in [0, 0.1) is 0 Å². The average Bonchev–Trinajstić information content (AvgIpc) is 3.22. The van der Waals surface area contributed by atoms with E-state index >= 15 is 0 Å². The number of anilines is 1. The second-order valence-corrected chi connectivity index (χ2v) is 8.10. The Kier molecular flexibility index (Phi) is 3.81. The smallest absolute Gasteiger partial charge is 0.235 e. The molecule has 1 unspecified atom stereocenters. The van der Waals surface area contributed by atoms with Gasteiger partial charge in [-0.15, -0.1) is 0 Å². The number of nitrogens with zero attached hydrogens (tertiary/aromatic N) is 1. The van der Waals surface area contributed by atoms with Gasteiger partial charge in [0.05, 0.1) is 5.41 Å². The van der Waals surface area contributed by atoms with Crippen LogP contribution in [0.1, 0.15) is 48.3 Å². The van der Waals surface area contributed by atoms with Crippen molar-refractivity contribution in [2.45, 2.75) is 43.4 Å². The fourth-order valence-corrected chi connectivity index (χ4v) is 5.21. The van der Waals surface area contributed by atoms with Crippen molar-refractivity contribution in [3.05, 3.63) is 65.2 Å². The Morgan fingerprint density at radius 2 is 1.81 bits per heavy atom. The number of benzene rings is 2. The highest BCUT2D eigenvalue weighted by Gasteiger charge is 2.48. The summed E-state index contributed by atoms with van der Waals surface area (Å²) < 4.78 is 0. The van der Waals surface area contributed by atoms with Crippen molar-refractivity contribution in [1.29, 1.82) is 0 Å². The third-order valence-electron chi connectivity index (χ3n) is 6.77. The standard InChI is InChI=1S/C23H24N2O2/c26-21(15-17-10-9-16-5-1-2-6-18(16)17)25-13-11-23(12-14-25)19-7-3-4-8-20(19)24-22(23)27/h1-8,17H,9-15H2,(H,24,27). The molecule has 2 aromatic rings. The van der Waals surface area contributed by atoms with Crippen molar-refractivity contribution in [2.75, 3.05) is 18.4 Å². The van der Waals surface area contributed by atoms with Crippen molar-refractivity contribution in [1.82, 2.24) is 4.90 Å². The van der Waals surface area contributed by atoms with Gasteiger partial charge in [-0.05, 0) is 54.4 Å². The Balaban J connectivity index is 1.28. The van der Waals surface area contributed by atoms with Crippen LogP contribution in [0.2, 0.25) is 0 Å². The lowest BCUT2D eigenvalue weighted by Gasteiger charge is -2.38. The molecule has 1 N–H and O–H groups in total. The zero-order valence-electron chi connectivity index (χ0n) is 15.4. The number of para-hydroxylation sites is 1. The number of fused-ring (bicyclic) bond motifs is 3. The molecule has 1 atom stereocenters. The number of piperidine rings is 1. The van der Waals surface area contributed by atoms with E-state index in [0.717, 1.165) is 24.1 Å². The molecule has 5 rings (SSSR count). The number of hydrogen-bond acceptors (Lipinski definition) is 2. The van der Waals surface area contributed by atoms with Crippen LogP contribution >= 0.6 is 0 Å². The Morgan fingerprint density at radius 1 is 1.07 bits per heavy atom. The maximum Gasteiger partial charge on any atom is 0.235 e. The lowest BCUT2D eigenvalue weighted by Crippen LogP contribution is -2.48. The van der Waals surface area contributed by atoms with E-state index < -0.39 is 5.41 Å². The predicted molar refractivity (Wildman–Crippen MR) is 105 cm³/mol. The molecule has 2 amide bonds. The molecule has 138 valence electrons. The fraction of sp³-hybridized carbons (Fsp3) is 0.391. The van der Waals surface area contributed by atoms with E-state index in [-0.39, 0.29) is 11.8 Å². The maximum atomic E-state index is 12.9. The number of hydrogen-bond donors (Lipinski definition) is 1. The van der Waals surface area contributed by atoms with Crippen LogP contribution < -0.4 is 5.32 Å². The highest BCUT2D eigenvalue weighted by atomic mass is 16.2. The van der Waals surface area contributed by atoms with Gasteiger partial charge in [0.15, 0.2) is 0 Å². The van der Waals surface area contributed by atoms with Crippen LogP contribution in [0.25, 0.3) is 0 Å². The monoisotopic (exact) mass is 360 g/mol. The summed E-state index contributed by atoms with van der Waals surface area (Å²) in [4.78, 5) is 27.6. The molecule has 0 saturated carbocycles. The quantitative estimate of drug-likeness (QED) is 0.889. The van der Waals surface area contributed by atoms with Crippen LogP contribution in [0.4, 0.5) is 5.69 Å². The van der Waals surface area contributed by atoms with E-state index in [1.165, 1.54) is 11.1 Å². The van der Waals surface area contributed by atoms with E-state index in [1.54, 1.807) is 0 Å². The third kappa shape index (κ3) is 2.58. The molecule has 0 bridgehead atoms. The second kappa shape index (κ2) is 6.22. The van der Waals surface area contributed by atoms with Crippen molar-refractivity contribution in [3.63, 3.8) is 0 Å². The molecule has 1 saturated heterocycles. The van der Waals surface area contributed by atoms with Crippen molar-refractivity contribution in [2.24, 2.45) is 0 Å². The van der Waals surface area contributed by atoms with Gasteiger partial charge in [0.1, 0.15) is 0 Å². The van der Waals surface area contributed by atoms with Crippen LogP contribution in [-0.2, 0) is 21.4 Å². The highest BCUT2D eigenvalue weighted by Crippen LogP contribution is 2.45. The number of aryl methyl sites for hydroxylation is 1. The summed E-state index contributed by atoms with van der Waals surface area (Å²) in [5.74, 6) is 0.679. The minimum atomic E-state index is -0.451. The Morgan fingerprint density at radius 3 is 2.67 bits per heavy atom. The van der Waals surface area contributed by atoms with Gasteiger partial charge in [0, 0.05) is 25.2 Å². The van der Waals surface area contributed by atoms with Crippen molar-refractivity contribution >= 4 is 17.5 Å². The lowest BCUT2D eigenvalue weighted by molar-refractivity contribution is -0.135. The van der Waals surface area contributed by atoms with Gasteiger partial charge in [-0.3, -0.25) is 9.59 Å². The second-order valence-electron chi connectivity index (χ2n) is 8.10. The molecular weight excluding hydrogens is 336 g/mol. The molecule has 4 nitrogen and oxygen atoms in total. The van der Waals surface area contributed by atoms with E-state index in [4.69, 9.17) is 0 Å². The number of carbonyl (C=O) groups is 2. The molecule has 4 heteroatoms. The zero-order chi connectivity index (χ0) is 18.4. The van der Waals surface area contributed by atoms with Crippen molar-refractivity contribution in [3.8, 4) is 0 Å². The van der Waals surface area contributed by atoms with Gasteiger partial charge in [0.2, 0.25) is 11.8 Å². The van der Waals surface area contributed by atoms with E-state index in [9.17, 15) is 9.59 Å². The van der Waals surface area contributed by atoms with Gasteiger partial charge in [0.25, 0.3) is 0 Å². The molecule has 0 radical (unpaired) electrons. The van der Waals surface area contributed by atoms with Crippen LogP contribution in [0.3, 0.4) is 0 Å². The van der Waals surface area contributed by atoms with E-state index in [1.807, 2.05) is 23.1 Å². The van der Waals surface area contributed by atoms with E-state index in [2.05, 4.69) is 35.6 Å². The number of amides is 2. The van der Waals surface area contributed by atoms with E-state index in [0.29, 0.717) is 38.3 Å². The first-order chi connectivity index (χ1) is 13.2. The summed E-state index contributed by atoms with van der Waals surface area (Å²) in [6.45, 7) is 1.32. The Labute approximate surface area is 159 Å². The third-order valence-corrected chi connectivity index (χ3v) is 6.77. The van der Waals surface area contributed by atoms with Gasteiger partial charge >= 0.3 is 0 Å². The predicted octanol–water partition coefficient (Wildman–Crippen LogP) is 3.62. The highest BCUT2D eigenvalue weighted by molar-refractivity contribution is 6.06. The molecule has 27 heavy (non-hydrogen) atoms. The number of nitrogens with one attached hydrogen (secondary N) is 1. The average molecular weight is 360 g/mol. The van der Waals surface area contributed by atoms with Crippen LogP contribution in [0.15, 0.2) is 48.5 Å². The molecule has 0 aromatic heterocycles. The molecule has 1 spiro atoms. The molecule has 2 aliphatic heterocycles. The van der Waals surface area contributed by atoms with Gasteiger partial charge in [-0.1, -0.05) is 42.5 Å². The molecule has 2 aromatic carbocycles. The molecule has 2 heterocycles. The number of carbonyl (C=O) groups excluding carboxylic acids is 2. The first-order valence-electron chi connectivity index (χ1n) is 9.94. The topological polar surface area (TPSA) is 49.4 Å². The number of rotatable bonds is 2. The Hall–Kier alpha value is -2.62. The minimum absolute atomic E-state index is 0.0977. The van der Waals surface area contributed by atoms with Crippen LogP contribution in [0.5, 0.6) is 0 Å². The summed E-state index contributed by atoms with van der Waals surface area (Å²) in [5.41, 5.74) is 4.33. The summed E-state index contributed by atoms with van der Waals surface area (Å²) >= 11 is 0. The van der Waals surface area contributed by atoms with Gasteiger partial charge in [-0.25, -0.2) is 0 Å². The molecule has 1 aliphatic carbocycles. The molecular formula is C23H24N2O2. The Bertz CT molecular complexity index is 912. The SMILES string of the molecule is O=C(CC1CCc2ccccc21)N1CCC2(CC1)C(=O)Nc1ccccc12. The lowest BCUT2D eigenvalue weighted by atomic mass is 9.73. The first kappa shape index (κ1) is 16.5. The van der Waals surface area contributed by atoms with Gasteiger partial charge < -0.3 is 10.2 Å². The summed E-state index contributed by atoms with van der Waals surface area (Å²) in [5, 5.41) is 3.03. The maximum absolute atomic E-state index is 12.9. The largest absolute Gasteiger partial charge is 0.343 e. The zero-order valence-corrected chi connectivity index (χ0v) is 15.4. The summed E-state index contributed by atoms with van der Waals surface area (Å²) in [6, 6.07) is 16.5. The van der Waals surface area contributed by atoms with Gasteiger partial charge in [-0.2, -0.15) is 0 Å². The fourth-order valence-electron chi connectivity index (χ4n) is 5.21. The first-order valence-corrected chi connectivity index (χ1v) is 9.94. The normalized spacial score (nSPS) is 22.4. The van der Waals surface area contributed by atoms with Crippen molar-refractivity contribution < 1.29 is 9.59 Å². The molecule has 3 aliphatic rings. The summed E-state index contributed by atoms with van der Waals surface area (Å²) in [6.07, 6.45) is 4.16. The number of likely N-dealkylation sites (tertiary alicyclic amines) is 1. The molecule has 1 fully saturated rings. The minimum Gasteiger partial charge on any atom is -0.343 e. The summed E-state index contributed by atoms with van der Waals surface area (Å²) in [7, 11) is 0.